The minimum absolute atomic E-state index is 0.0416. The number of nitrogens with one attached hydrogen (secondary N) is 2. The zero-order valence-electron chi connectivity index (χ0n) is 18.6. The summed E-state index contributed by atoms with van der Waals surface area (Å²) in [6.45, 7) is 0.966. The summed E-state index contributed by atoms with van der Waals surface area (Å²) < 4.78 is 5.47. The molecule has 0 atom stereocenters. The minimum Gasteiger partial charge on any atom is -0.482 e. The smallest absolute Gasteiger partial charge is 0.262 e. The van der Waals surface area contributed by atoms with Crippen LogP contribution in [0.4, 0.5) is 11.4 Å². The van der Waals surface area contributed by atoms with Crippen molar-refractivity contribution in [1.82, 2.24) is 4.90 Å². The van der Waals surface area contributed by atoms with Crippen LogP contribution in [0.25, 0.3) is 0 Å². The lowest BCUT2D eigenvalue weighted by Gasteiger charge is -2.24. The number of anilines is 2. The van der Waals surface area contributed by atoms with Gasteiger partial charge in [0.1, 0.15) is 5.75 Å². The standard InChI is InChI=1S/C26H26N4O4/c27-14-17-3-10-22(11-4-17)34-29-20-6-1-18(2-7-20)15-30(21-8-9-21)26(32)19-5-12-23-24(13-19)33-16-25(31)28-23/h1-7,10-13,21,29H,8-9,14-16,27H2,(H,28,31). The van der Waals surface area contributed by atoms with Gasteiger partial charge in [0.25, 0.3) is 11.8 Å². The molecule has 34 heavy (non-hydrogen) atoms. The van der Waals surface area contributed by atoms with Gasteiger partial charge in [-0.2, -0.15) is 0 Å². The highest BCUT2D eigenvalue weighted by Gasteiger charge is 2.33. The first-order valence-electron chi connectivity index (χ1n) is 11.3. The van der Waals surface area contributed by atoms with Crippen LogP contribution < -0.4 is 26.1 Å². The molecule has 2 amide bonds. The van der Waals surface area contributed by atoms with E-state index >= 15 is 0 Å². The molecule has 1 fully saturated rings. The molecule has 4 N–H and O–H groups in total. The third-order valence-electron chi connectivity index (χ3n) is 5.86. The summed E-state index contributed by atoms with van der Waals surface area (Å²) >= 11 is 0. The molecule has 1 aliphatic heterocycles. The number of nitrogens with zero attached hydrogens (tertiary/aromatic N) is 1. The van der Waals surface area contributed by atoms with Gasteiger partial charge >= 0.3 is 0 Å². The van der Waals surface area contributed by atoms with Gasteiger partial charge in [-0.05, 0) is 66.4 Å². The van der Waals surface area contributed by atoms with E-state index < -0.39 is 0 Å². The van der Waals surface area contributed by atoms with Gasteiger partial charge in [0, 0.05) is 24.7 Å². The van der Waals surface area contributed by atoms with E-state index in [2.05, 4.69) is 10.8 Å². The zero-order valence-corrected chi connectivity index (χ0v) is 18.6. The Morgan fingerprint density at radius 3 is 2.50 bits per heavy atom. The fraction of sp³-hybridized carbons (Fsp3) is 0.231. The van der Waals surface area contributed by atoms with Crippen molar-refractivity contribution in [3.05, 3.63) is 83.4 Å². The number of fused-ring (bicyclic) bond motifs is 1. The fourth-order valence-corrected chi connectivity index (χ4v) is 3.81. The van der Waals surface area contributed by atoms with Gasteiger partial charge in [0.05, 0.1) is 11.4 Å². The first kappa shape index (κ1) is 21.8. The molecule has 0 spiro atoms. The summed E-state index contributed by atoms with van der Waals surface area (Å²) in [6.07, 6.45) is 2.00. The Morgan fingerprint density at radius 1 is 1.06 bits per heavy atom. The monoisotopic (exact) mass is 458 g/mol. The quantitative estimate of drug-likeness (QED) is 0.445. The Labute approximate surface area is 197 Å². The van der Waals surface area contributed by atoms with Crippen molar-refractivity contribution in [2.24, 2.45) is 5.73 Å². The number of benzene rings is 3. The second kappa shape index (κ2) is 9.44. The second-order valence-corrected chi connectivity index (χ2v) is 8.46. The molecular weight excluding hydrogens is 432 g/mol. The molecule has 3 aromatic carbocycles. The number of hydrogen-bond donors (Lipinski definition) is 3. The van der Waals surface area contributed by atoms with Crippen LogP contribution in [0.3, 0.4) is 0 Å². The van der Waals surface area contributed by atoms with E-state index in [0.29, 0.717) is 35.8 Å². The van der Waals surface area contributed by atoms with Gasteiger partial charge in [-0.15, -0.1) is 0 Å². The maximum Gasteiger partial charge on any atom is 0.262 e. The van der Waals surface area contributed by atoms with E-state index in [4.69, 9.17) is 15.3 Å². The van der Waals surface area contributed by atoms with Crippen LogP contribution in [0, 0.1) is 0 Å². The SMILES string of the molecule is NCc1ccc(ONc2ccc(CN(C(=O)c3ccc4c(c3)OCC(=O)N4)C3CC3)cc2)cc1. The van der Waals surface area contributed by atoms with Crippen LogP contribution in [0.1, 0.15) is 34.3 Å². The number of carbonyl (C=O) groups is 2. The molecular formula is C26H26N4O4. The Morgan fingerprint density at radius 2 is 1.79 bits per heavy atom. The summed E-state index contributed by atoms with van der Waals surface area (Å²) in [6, 6.07) is 20.8. The lowest BCUT2D eigenvalue weighted by Crippen LogP contribution is -2.33. The predicted molar refractivity (Wildman–Crippen MR) is 128 cm³/mol. The summed E-state index contributed by atoms with van der Waals surface area (Å²) in [4.78, 5) is 32.3. The molecule has 8 heteroatoms. The maximum absolute atomic E-state index is 13.3. The molecule has 0 bridgehead atoms. The van der Waals surface area contributed by atoms with E-state index in [1.54, 1.807) is 18.2 Å². The number of amides is 2. The molecule has 1 saturated carbocycles. The number of carbonyl (C=O) groups excluding carboxylic acids is 2. The minimum atomic E-state index is -0.195. The third kappa shape index (κ3) is 4.97. The van der Waals surface area contributed by atoms with Crippen LogP contribution in [0.5, 0.6) is 11.5 Å². The van der Waals surface area contributed by atoms with Gasteiger partial charge in [0.2, 0.25) is 0 Å². The van der Waals surface area contributed by atoms with Crippen LogP contribution in [-0.2, 0) is 17.9 Å². The molecule has 0 saturated heterocycles. The van der Waals surface area contributed by atoms with Gasteiger partial charge in [-0.25, -0.2) is 5.48 Å². The normalized spacial score (nSPS) is 14.4. The highest BCUT2D eigenvalue weighted by atomic mass is 16.6. The van der Waals surface area contributed by atoms with Crippen molar-refractivity contribution in [3.63, 3.8) is 0 Å². The highest BCUT2D eigenvalue weighted by molar-refractivity contribution is 5.99. The Balaban J connectivity index is 1.23. The summed E-state index contributed by atoms with van der Waals surface area (Å²) in [5.41, 5.74) is 12.6. The third-order valence-corrected chi connectivity index (χ3v) is 5.86. The highest BCUT2D eigenvalue weighted by Crippen LogP contribution is 2.33. The van der Waals surface area contributed by atoms with Gasteiger partial charge in [0.15, 0.2) is 12.4 Å². The maximum atomic E-state index is 13.3. The van der Waals surface area contributed by atoms with Gasteiger partial charge < -0.3 is 25.5 Å². The van der Waals surface area contributed by atoms with E-state index in [9.17, 15) is 9.59 Å². The van der Waals surface area contributed by atoms with Crippen molar-refractivity contribution in [2.45, 2.75) is 32.0 Å². The molecule has 3 aromatic rings. The van der Waals surface area contributed by atoms with Crippen molar-refractivity contribution in [2.75, 3.05) is 17.4 Å². The largest absolute Gasteiger partial charge is 0.482 e. The number of rotatable bonds is 8. The predicted octanol–water partition coefficient (Wildman–Crippen LogP) is 3.69. The van der Waals surface area contributed by atoms with Crippen LogP contribution in [-0.4, -0.2) is 29.4 Å². The van der Waals surface area contributed by atoms with Crippen molar-refractivity contribution in [3.8, 4) is 11.5 Å². The average molecular weight is 459 g/mol. The molecule has 8 nitrogen and oxygen atoms in total. The number of hydrogen-bond acceptors (Lipinski definition) is 6. The summed E-state index contributed by atoms with van der Waals surface area (Å²) in [5, 5.41) is 2.75. The summed E-state index contributed by atoms with van der Waals surface area (Å²) in [5.74, 6) is 0.978. The first-order chi connectivity index (χ1) is 16.6. The molecule has 1 heterocycles. The molecule has 0 radical (unpaired) electrons. The van der Waals surface area contributed by atoms with E-state index in [-0.39, 0.29) is 24.5 Å². The van der Waals surface area contributed by atoms with E-state index in [1.807, 2.05) is 53.4 Å². The van der Waals surface area contributed by atoms with Gasteiger partial charge in [-0.3, -0.25) is 9.59 Å². The second-order valence-electron chi connectivity index (χ2n) is 8.46. The van der Waals surface area contributed by atoms with Crippen LogP contribution in [0.15, 0.2) is 66.7 Å². The lowest BCUT2D eigenvalue weighted by atomic mass is 10.1. The zero-order chi connectivity index (χ0) is 23.5. The molecule has 5 rings (SSSR count). The fourth-order valence-electron chi connectivity index (χ4n) is 3.81. The lowest BCUT2D eigenvalue weighted by molar-refractivity contribution is -0.118. The molecule has 174 valence electrons. The first-order valence-corrected chi connectivity index (χ1v) is 11.3. The Hall–Kier alpha value is -4.04. The van der Waals surface area contributed by atoms with Crippen molar-refractivity contribution >= 4 is 23.2 Å². The van der Waals surface area contributed by atoms with Crippen LogP contribution in [0.2, 0.25) is 0 Å². The molecule has 0 unspecified atom stereocenters. The van der Waals surface area contributed by atoms with E-state index in [1.165, 1.54) is 0 Å². The average Bonchev–Trinajstić information content (AvgIpc) is 3.72. The molecule has 2 aliphatic rings. The Kier molecular flexibility index (Phi) is 6.05. The van der Waals surface area contributed by atoms with Gasteiger partial charge in [-0.1, -0.05) is 24.3 Å². The number of nitrogens with two attached hydrogens (primary N) is 1. The molecule has 0 aromatic heterocycles. The van der Waals surface area contributed by atoms with Crippen molar-refractivity contribution in [1.29, 1.82) is 0 Å². The topological polar surface area (TPSA) is 106 Å². The number of ether oxygens (including phenoxy) is 1. The van der Waals surface area contributed by atoms with Crippen LogP contribution >= 0.6 is 0 Å². The molecule has 1 aliphatic carbocycles. The van der Waals surface area contributed by atoms with Crippen molar-refractivity contribution < 1.29 is 19.2 Å². The Bertz CT molecular complexity index is 1190. The summed E-state index contributed by atoms with van der Waals surface area (Å²) in [7, 11) is 0. The van der Waals surface area contributed by atoms with E-state index in [0.717, 1.165) is 29.7 Å².